The predicted octanol–water partition coefficient (Wildman–Crippen LogP) is 3.94. The summed E-state index contributed by atoms with van der Waals surface area (Å²) < 4.78 is 24.6. The number of hydrogen-bond acceptors (Lipinski definition) is 8. The summed E-state index contributed by atoms with van der Waals surface area (Å²) in [6, 6.07) is 14.0. The lowest BCUT2D eigenvalue weighted by Crippen LogP contribution is -2.30. The van der Waals surface area contributed by atoms with Gasteiger partial charge < -0.3 is 9.47 Å². The van der Waals surface area contributed by atoms with Crippen molar-refractivity contribution in [1.29, 1.82) is 0 Å². The molecule has 0 amide bonds. The second-order valence-electron chi connectivity index (χ2n) is 6.30. The first-order valence-corrected chi connectivity index (χ1v) is 8.93. The first kappa shape index (κ1) is 22.0. The Morgan fingerprint density at radius 2 is 1.12 bits per heavy atom. The van der Waals surface area contributed by atoms with Crippen molar-refractivity contribution in [1.82, 2.24) is 0 Å². The summed E-state index contributed by atoms with van der Waals surface area (Å²) in [7, 11) is 0. The predicted molar refractivity (Wildman–Crippen MR) is 107 cm³/mol. The Hall–Kier alpha value is -4.67. The molecular weight excluding hydrogens is 427 g/mol. The van der Waals surface area contributed by atoms with Crippen molar-refractivity contribution in [2.45, 2.75) is 5.92 Å². The number of halogens is 1. The Bertz CT molecular complexity index is 1110. The maximum atomic E-state index is 14.4. The van der Waals surface area contributed by atoms with Crippen LogP contribution in [0.15, 0.2) is 72.8 Å². The van der Waals surface area contributed by atoms with Gasteiger partial charge in [0.25, 0.3) is 11.4 Å². The molecule has 0 aliphatic heterocycles. The summed E-state index contributed by atoms with van der Waals surface area (Å²) in [5.41, 5.74) is -0.799. The molecule has 3 rings (SSSR count). The average molecular weight is 440 g/mol. The van der Waals surface area contributed by atoms with E-state index in [-0.39, 0.29) is 28.4 Å². The molecule has 11 heteroatoms. The van der Waals surface area contributed by atoms with Crippen molar-refractivity contribution in [2.75, 3.05) is 0 Å². The van der Waals surface area contributed by atoms with Gasteiger partial charge in [-0.1, -0.05) is 18.2 Å². The molecule has 0 spiro atoms. The van der Waals surface area contributed by atoms with Crippen LogP contribution in [0.4, 0.5) is 15.8 Å². The summed E-state index contributed by atoms with van der Waals surface area (Å²) in [4.78, 5) is 45.7. The molecular formula is C21H13FN2O8. The SMILES string of the molecule is O=C(Oc1ccc([N+](=O)[O-])cc1)C(C(=O)Oc1ccc([N+](=O)[O-])cc1)c1ccccc1F. The van der Waals surface area contributed by atoms with E-state index in [0.717, 1.165) is 54.6 Å². The second-order valence-corrected chi connectivity index (χ2v) is 6.30. The summed E-state index contributed by atoms with van der Waals surface area (Å²) in [5.74, 6) is -5.28. The lowest BCUT2D eigenvalue weighted by molar-refractivity contribution is -0.385. The number of esters is 2. The van der Waals surface area contributed by atoms with Gasteiger partial charge in [-0.3, -0.25) is 29.8 Å². The number of non-ortho nitro benzene ring substituents is 2. The molecule has 0 bridgehead atoms. The van der Waals surface area contributed by atoms with Gasteiger partial charge in [0.2, 0.25) is 0 Å². The number of nitrogens with zero attached hydrogens (tertiary/aromatic N) is 2. The van der Waals surface area contributed by atoms with E-state index in [1.165, 1.54) is 18.2 Å². The number of carbonyl (C=O) groups excluding carboxylic acids is 2. The maximum Gasteiger partial charge on any atom is 0.330 e. The van der Waals surface area contributed by atoms with Crippen molar-refractivity contribution in [3.05, 3.63) is 104 Å². The Balaban J connectivity index is 1.86. The standard InChI is InChI=1S/C21H13FN2O8/c22-18-4-2-1-3-17(18)19(20(25)31-15-9-5-13(6-10-15)23(27)28)21(26)32-16-11-7-14(8-12-16)24(29)30/h1-12,19H. The second kappa shape index (κ2) is 9.43. The van der Waals surface area contributed by atoms with Gasteiger partial charge in [-0.15, -0.1) is 0 Å². The third kappa shape index (κ3) is 5.08. The van der Waals surface area contributed by atoms with Crippen molar-refractivity contribution in [3.8, 4) is 11.5 Å². The van der Waals surface area contributed by atoms with E-state index in [9.17, 15) is 34.2 Å². The molecule has 0 N–H and O–H groups in total. The van der Waals surface area contributed by atoms with Crippen LogP contribution in [0, 0.1) is 26.0 Å². The van der Waals surface area contributed by atoms with Crippen LogP contribution >= 0.6 is 0 Å². The highest BCUT2D eigenvalue weighted by Crippen LogP contribution is 2.26. The number of hydrogen-bond donors (Lipinski definition) is 0. The van der Waals surface area contributed by atoms with Crippen molar-refractivity contribution in [2.24, 2.45) is 0 Å². The highest BCUT2D eigenvalue weighted by molar-refractivity contribution is 6.02. The first-order chi connectivity index (χ1) is 15.3. The van der Waals surface area contributed by atoms with Gasteiger partial charge in [0.1, 0.15) is 17.3 Å². The normalized spacial score (nSPS) is 10.4. The summed E-state index contributed by atoms with van der Waals surface area (Å²) in [6.07, 6.45) is 0. The number of nitro benzene ring substituents is 2. The zero-order valence-electron chi connectivity index (χ0n) is 16.0. The smallest absolute Gasteiger partial charge is 0.330 e. The molecule has 0 aromatic heterocycles. The molecule has 0 heterocycles. The Morgan fingerprint density at radius 3 is 1.50 bits per heavy atom. The van der Waals surface area contributed by atoms with Crippen LogP contribution in [-0.2, 0) is 9.59 Å². The fourth-order valence-corrected chi connectivity index (χ4v) is 2.68. The summed E-state index contributed by atoms with van der Waals surface area (Å²) in [5, 5.41) is 21.5. The van der Waals surface area contributed by atoms with E-state index in [0.29, 0.717) is 0 Å². The van der Waals surface area contributed by atoms with Gasteiger partial charge in [-0.2, -0.15) is 0 Å². The number of benzene rings is 3. The van der Waals surface area contributed by atoms with Gasteiger partial charge in [0.05, 0.1) is 9.85 Å². The highest BCUT2D eigenvalue weighted by Gasteiger charge is 2.35. The Kier molecular flexibility index (Phi) is 6.49. The third-order valence-electron chi connectivity index (χ3n) is 4.22. The first-order valence-electron chi connectivity index (χ1n) is 8.93. The topological polar surface area (TPSA) is 139 Å². The number of carbonyl (C=O) groups is 2. The van der Waals surface area contributed by atoms with Gasteiger partial charge in [-0.25, -0.2) is 4.39 Å². The number of nitro groups is 2. The van der Waals surface area contributed by atoms with E-state index in [1.54, 1.807) is 0 Å². The quantitative estimate of drug-likeness (QED) is 0.177. The minimum absolute atomic E-state index is 0.106. The molecule has 0 aliphatic rings. The Labute approximate surface area is 179 Å². The molecule has 0 radical (unpaired) electrons. The lowest BCUT2D eigenvalue weighted by atomic mass is 9.98. The van der Waals surface area contributed by atoms with Crippen LogP contribution in [0.2, 0.25) is 0 Å². The van der Waals surface area contributed by atoms with E-state index in [1.807, 2.05) is 0 Å². The van der Waals surface area contributed by atoms with Gasteiger partial charge in [0, 0.05) is 29.8 Å². The van der Waals surface area contributed by atoms with Crippen LogP contribution in [0.1, 0.15) is 11.5 Å². The van der Waals surface area contributed by atoms with Crippen LogP contribution in [0.25, 0.3) is 0 Å². The van der Waals surface area contributed by atoms with Gasteiger partial charge in [-0.05, 0) is 30.3 Å². The molecule has 0 atom stereocenters. The van der Waals surface area contributed by atoms with Gasteiger partial charge >= 0.3 is 11.9 Å². The van der Waals surface area contributed by atoms with Crippen LogP contribution in [-0.4, -0.2) is 21.8 Å². The molecule has 32 heavy (non-hydrogen) atoms. The van der Waals surface area contributed by atoms with Crippen LogP contribution in [0.3, 0.4) is 0 Å². The molecule has 0 saturated heterocycles. The van der Waals surface area contributed by atoms with E-state index in [2.05, 4.69) is 0 Å². The molecule has 3 aromatic carbocycles. The maximum absolute atomic E-state index is 14.4. The largest absolute Gasteiger partial charge is 0.426 e. The molecule has 0 aliphatic carbocycles. The zero-order valence-corrected chi connectivity index (χ0v) is 16.0. The minimum atomic E-state index is -1.83. The fraction of sp³-hybridized carbons (Fsp3) is 0.0476. The Morgan fingerprint density at radius 1 is 0.719 bits per heavy atom. The molecule has 0 saturated carbocycles. The van der Waals surface area contributed by atoms with Gasteiger partial charge in [0.15, 0.2) is 5.92 Å². The lowest BCUT2D eigenvalue weighted by Gasteiger charge is -2.16. The van der Waals surface area contributed by atoms with E-state index >= 15 is 0 Å². The third-order valence-corrected chi connectivity index (χ3v) is 4.22. The molecule has 0 unspecified atom stereocenters. The highest BCUT2D eigenvalue weighted by atomic mass is 19.1. The molecule has 3 aromatic rings. The number of rotatable bonds is 7. The van der Waals surface area contributed by atoms with E-state index in [4.69, 9.17) is 9.47 Å². The minimum Gasteiger partial charge on any atom is -0.426 e. The molecule has 0 fully saturated rings. The zero-order chi connectivity index (χ0) is 23.3. The van der Waals surface area contributed by atoms with Crippen molar-refractivity contribution in [3.63, 3.8) is 0 Å². The summed E-state index contributed by atoms with van der Waals surface area (Å²) >= 11 is 0. The summed E-state index contributed by atoms with van der Waals surface area (Å²) in [6.45, 7) is 0. The molecule has 162 valence electrons. The number of ether oxygens (including phenoxy) is 2. The van der Waals surface area contributed by atoms with Crippen molar-refractivity contribution < 1.29 is 33.3 Å². The van der Waals surface area contributed by atoms with E-state index < -0.39 is 33.5 Å². The molecule has 10 nitrogen and oxygen atoms in total. The fourth-order valence-electron chi connectivity index (χ4n) is 2.68. The van der Waals surface area contributed by atoms with Crippen LogP contribution < -0.4 is 9.47 Å². The van der Waals surface area contributed by atoms with Crippen LogP contribution in [0.5, 0.6) is 11.5 Å². The monoisotopic (exact) mass is 440 g/mol. The average Bonchev–Trinajstić information content (AvgIpc) is 2.76. The van der Waals surface area contributed by atoms with Crippen molar-refractivity contribution >= 4 is 23.3 Å².